The number of nitrogens with zero attached hydrogens (tertiary/aromatic N) is 3. The smallest absolute Gasteiger partial charge is 0.301 e. The van der Waals surface area contributed by atoms with Crippen molar-refractivity contribution < 1.29 is 19.4 Å². The van der Waals surface area contributed by atoms with Crippen LogP contribution >= 0.6 is 11.3 Å². The predicted molar refractivity (Wildman–Crippen MR) is 125 cm³/mol. The number of amides is 1. The summed E-state index contributed by atoms with van der Waals surface area (Å²) < 4.78 is 5.75. The number of ketones is 1. The number of rotatable bonds is 4. The molecule has 168 valence electrons. The molecule has 0 saturated carbocycles. The zero-order chi connectivity index (χ0) is 23.3. The van der Waals surface area contributed by atoms with Crippen LogP contribution in [0, 0.1) is 6.92 Å². The first-order valence-electron chi connectivity index (χ1n) is 10.9. The topological polar surface area (TPSA) is 92.6 Å². The third-order valence-corrected chi connectivity index (χ3v) is 6.88. The second kappa shape index (κ2) is 8.12. The molecular weight excluding hydrogens is 438 g/mol. The Labute approximate surface area is 195 Å². The van der Waals surface area contributed by atoms with E-state index in [0.717, 1.165) is 35.3 Å². The van der Waals surface area contributed by atoms with Crippen LogP contribution in [0.25, 0.3) is 5.76 Å². The number of anilines is 1. The summed E-state index contributed by atoms with van der Waals surface area (Å²) in [7, 11) is 0. The molecule has 1 saturated heterocycles. The van der Waals surface area contributed by atoms with E-state index in [1.54, 1.807) is 19.1 Å². The van der Waals surface area contributed by atoms with Gasteiger partial charge < -0.3 is 9.84 Å². The van der Waals surface area contributed by atoms with Gasteiger partial charge >= 0.3 is 5.91 Å². The van der Waals surface area contributed by atoms with E-state index in [4.69, 9.17) is 4.74 Å². The molecule has 0 unspecified atom stereocenters. The van der Waals surface area contributed by atoms with Crippen molar-refractivity contribution in [1.29, 1.82) is 0 Å². The molecule has 5 rings (SSSR count). The summed E-state index contributed by atoms with van der Waals surface area (Å²) in [6.07, 6.45) is 1.64. The minimum Gasteiger partial charge on any atom is -0.507 e. The molecule has 0 bridgehead atoms. The van der Waals surface area contributed by atoms with Gasteiger partial charge in [0.15, 0.2) is 0 Å². The predicted octanol–water partition coefficient (Wildman–Crippen LogP) is 4.36. The lowest BCUT2D eigenvalue weighted by molar-refractivity contribution is -0.132. The van der Waals surface area contributed by atoms with E-state index in [-0.39, 0.29) is 17.4 Å². The van der Waals surface area contributed by atoms with Gasteiger partial charge in [-0.2, -0.15) is 0 Å². The number of Topliss-reactive ketones (excluding diaryl/α,β-unsaturated/α-hetero) is 1. The lowest BCUT2D eigenvalue weighted by atomic mass is 9.94. The van der Waals surface area contributed by atoms with Crippen LogP contribution in [-0.2, 0) is 22.4 Å². The van der Waals surface area contributed by atoms with Crippen LogP contribution in [0.3, 0.4) is 0 Å². The van der Waals surface area contributed by atoms with Crippen LogP contribution in [0.4, 0.5) is 5.13 Å². The van der Waals surface area contributed by atoms with Gasteiger partial charge in [-0.15, -0.1) is 10.2 Å². The molecule has 1 fully saturated rings. The van der Waals surface area contributed by atoms with E-state index in [1.165, 1.54) is 16.2 Å². The fourth-order valence-corrected chi connectivity index (χ4v) is 5.10. The van der Waals surface area contributed by atoms with Crippen molar-refractivity contribution in [1.82, 2.24) is 10.2 Å². The van der Waals surface area contributed by atoms with Gasteiger partial charge in [0.05, 0.1) is 11.6 Å². The molecule has 2 aromatic carbocycles. The van der Waals surface area contributed by atoms with Crippen LogP contribution in [-0.4, -0.2) is 33.1 Å². The summed E-state index contributed by atoms with van der Waals surface area (Å²) in [5.41, 5.74) is 3.34. The van der Waals surface area contributed by atoms with Crippen molar-refractivity contribution in [2.75, 3.05) is 4.90 Å². The van der Waals surface area contributed by atoms with E-state index in [0.29, 0.717) is 15.7 Å². The molecule has 3 aromatic rings. The van der Waals surface area contributed by atoms with Crippen molar-refractivity contribution in [3.05, 3.63) is 75.3 Å². The monoisotopic (exact) mass is 461 g/mol. The summed E-state index contributed by atoms with van der Waals surface area (Å²) >= 11 is 1.23. The fourth-order valence-electron chi connectivity index (χ4n) is 4.39. The minimum absolute atomic E-state index is 0.0454. The number of aromatic nitrogens is 2. The van der Waals surface area contributed by atoms with E-state index in [9.17, 15) is 14.7 Å². The van der Waals surface area contributed by atoms with Gasteiger partial charge in [-0.25, -0.2) is 0 Å². The van der Waals surface area contributed by atoms with Crippen molar-refractivity contribution in [2.24, 2.45) is 0 Å². The Morgan fingerprint density at radius 3 is 2.61 bits per heavy atom. The second-order valence-electron chi connectivity index (χ2n) is 8.32. The first-order valence-corrected chi connectivity index (χ1v) is 11.7. The molecule has 0 spiro atoms. The van der Waals surface area contributed by atoms with Crippen molar-refractivity contribution in [3.63, 3.8) is 0 Å². The van der Waals surface area contributed by atoms with E-state index < -0.39 is 17.7 Å². The number of aliphatic hydroxyl groups is 1. The summed E-state index contributed by atoms with van der Waals surface area (Å²) in [6.45, 7) is 5.83. The Hall–Kier alpha value is -3.52. The average Bonchev–Trinajstić information content (AvgIpc) is 3.48. The Morgan fingerprint density at radius 2 is 1.94 bits per heavy atom. The van der Waals surface area contributed by atoms with Crippen molar-refractivity contribution >= 4 is 33.9 Å². The van der Waals surface area contributed by atoms with Gasteiger partial charge in [0.25, 0.3) is 5.78 Å². The number of carbonyl (C=O) groups excluding carboxylic acids is 2. The number of hydrogen-bond donors (Lipinski definition) is 1. The SMILES string of the molecule is CCc1ccc([C@H]2C(=C(O)c3ccc4c(c3)C[C@@H](C)O4)C(=O)C(=O)N2c2nnc(C)s2)cc1. The van der Waals surface area contributed by atoms with Gasteiger partial charge in [0.2, 0.25) is 5.13 Å². The maximum absolute atomic E-state index is 13.2. The first kappa shape index (κ1) is 21.3. The maximum Gasteiger partial charge on any atom is 0.301 e. The van der Waals surface area contributed by atoms with Gasteiger partial charge in [0.1, 0.15) is 22.6 Å². The molecule has 3 heterocycles. The maximum atomic E-state index is 13.2. The van der Waals surface area contributed by atoms with E-state index >= 15 is 0 Å². The Bertz CT molecular complexity index is 1300. The Morgan fingerprint density at radius 1 is 1.18 bits per heavy atom. The van der Waals surface area contributed by atoms with Gasteiger partial charge in [-0.1, -0.05) is 42.5 Å². The van der Waals surface area contributed by atoms with Crippen LogP contribution < -0.4 is 9.64 Å². The number of hydrogen-bond acceptors (Lipinski definition) is 7. The summed E-state index contributed by atoms with van der Waals surface area (Å²) in [5.74, 6) is -0.898. The normalized spacial score (nSPS) is 21.4. The highest BCUT2D eigenvalue weighted by Crippen LogP contribution is 2.43. The molecule has 2 atom stereocenters. The highest BCUT2D eigenvalue weighted by molar-refractivity contribution is 7.15. The average molecular weight is 462 g/mol. The quantitative estimate of drug-likeness (QED) is 0.353. The fraction of sp³-hybridized carbons (Fsp3) is 0.280. The van der Waals surface area contributed by atoms with Crippen LogP contribution in [0.1, 0.15) is 47.2 Å². The summed E-state index contributed by atoms with van der Waals surface area (Å²) in [4.78, 5) is 27.7. The molecule has 0 aliphatic carbocycles. The molecule has 2 aliphatic rings. The number of aryl methyl sites for hydroxylation is 2. The van der Waals surface area contributed by atoms with Crippen molar-refractivity contribution in [3.8, 4) is 5.75 Å². The molecular formula is C25H23N3O4S. The van der Waals surface area contributed by atoms with Gasteiger partial charge in [0, 0.05) is 12.0 Å². The Kier molecular flexibility index (Phi) is 5.25. The van der Waals surface area contributed by atoms with Crippen molar-refractivity contribution in [2.45, 2.75) is 45.8 Å². The molecule has 0 radical (unpaired) electrons. The lowest BCUT2D eigenvalue weighted by Crippen LogP contribution is -2.29. The third kappa shape index (κ3) is 3.60. The molecule has 7 nitrogen and oxygen atoms in total. The highest BCUT2D eigenvalue weighted by atomic mass is 32.1. The molecule has 2 aliphatic heterocycles. The second-order valence-corrected chi connectivity index (χ2v) is 9.48. The van der Waals surface area contributed by atoms with Crippen LogP contribution in [0.5, 0.6) is 5.75 Å². The minimum atomic E-state index is -0.799. The number of aliphatic hydroxyl groups excluding tert-OH is 1. The number of fused-ring (bicyclic) bond motifs is 1. The molecule has 1 N–H and O–H groups in total. The van der Waals surface area contributed by atoms with Crippen LogP contribution in [0.2, 0.25) is 0 Å². The number of carbonyl (C=O) groups is 2. The molecule has 33 heavy (non-hydrogen) atoms. The van der Waals surface area contributed by atoms with Gasteiger partial charge in [-0.05, 0) is 55.2 Å². The summed E-state index contributed by atoms with van der Waals surface area (Å²) in [6, 6.07) is 12.3. The number of ether oxygens (including phenoxy) is 1. The van der Waals surface area contributed by atoms with E-state index in [1.807, 2.05) is 37.3 Å². The molecule has 8 heteroatoms. The van der Waals surface area contributed by atoms with Crippen LogP contribution in [0.15, 0.2) is 48.0 Å². The summed E-state index contributed by atoms with van der Waals surface area (Å²) in [5, 5.41) is 20.5. The van der Waals surface area contributed by atoms with E-state index in [2.05, 4.69) is 17.1 Å². The van der Waals surface area contributed by atoms with Gasteiger partial charge in [-0.3, -0.25) is 14.5 Å². The molecule has 1 aromatic heterocycles. The Balaban J connectivity index is 1.67. The first-order chi connectivity index (χ1) is 15.9. The number of benzene rings is 2. The lowest BCUT2D eigenvalue weighted by Gasteiger charge is -2.22. The molecule has 1 amide bonds. The zero-order valence-corrected chi connectivity index (χ0v) is 19.3. The standard InChI is InChI=1S/C25H23N3O4S/c1-4-15-5-7-16(8-6-15)21-20(23(30)24(31)28(21)25-27-26-14(3)33-25)22(29)17-9-10-19-18(12-17)11-13(2)32-19/h5-10,12-13,21,29H,4,11H2,1-3H3/t13-,21+/m1/s1. The largest absolute Gasteiger partial charge is 0.507 e. The third-order valence-electron chi connectivity index (χ3n) is 6.04. The zero-order valence-electron chi connectivity index (χ0n) is 18.5. The highest BCUT2D eigenvalue weighted by Gasteiger charge is 2.48.